The number of aliphatic hydroxyl groups excluding tert-OH is 1. The van der Waals surface area contributed by atoms with Crippen LogP contribution in [-0.2, 0) is 14.3 Å². The van der Waals surface area contributed by atoms with Gasteiger partial charge in [-0.25, -0.2) is 4.79 Å². The molecule has 0 saturated carbocycles. The van der Waals surface area contributed by atoms with E-state index in [0.717, 1.165) is 0 Å². The molecule has 0 aliphatic carbocycles. The number of nitrogens with zero attached hydrogens (tertiary/aromatic N) is 1. The number of hydrogen-bond donors (Lipinski definition) is 1. The van der Waals surface area contributed by atoms with Crippen molar-refractivity contribution in [1.29, 1.82) is 0 Å². The van der Waals surface area contributed by atoms with E-state index < -0.39 is 17.3 Å². The number of ether oxygens (including phenoxy) is 2. The van der Waals surface area contributed by atoms with E-state index >= 15 is 0 Å². The maximum atomic E-state index is 12.2. The molecule has 1 fully saturated rings. The Kier molecular flexibility index (Phi) is 5.84. The molecule has 1 rings (SSSR count). The van der Waals surface area contributed by atoms with E-state index in [9.17, 15) is 14.7 Å². The van der Waals surface area contributed by atoms with Crippen molar-refractivity contribution in [2.24, 2.45) is 5.92 Å². The summed E-state index contributed by atoms with van der Waals surface area (Å²) in [6, 6.07) is -0.303. The molecule has 1 heterocycles. The third kappa shape index (κ3) is 6.22. The number of hydrogen-bond acceptors (Lipinski definition) is 5. The summed E-state index contributed by atoms with van der Waals surface area (Å²) in [6.07, 6.45) is 0.375. The highest BCUT2D eigenvalue weighted by molar-refractivity contribution is 5.71. The topological polar surface area (TPSA) is 76.1 Å². The molecule has 1 amide bonds. The third-order valence-corrected chi connectivity index (χ3v) is 3.22. The maximum Gasteiger partial charge on any atom is 0.410 e. The van der Waals surface area contributed by atoms with E-state index in [0.29, 0.717) is 13.0 Å². The molecule has 0 spiro atoms. The highest BCUT2D eigenvalue weighted by Crippen LogP contribution is 2.28. The molecule has 128 valence electrons. The summed E-state index contributed by atoms with van der Waals surface area (Å²) in [5, 5.41) is 9.46. The Bertz CT molecular complexity index is 408. The van der Waals surface area contributed by atoms with Crippen LogP contribution in [0.25, 0.3) is 0 Å². The summed E-state index contributed by atoms with van der Waals surface area (Å²) in [4.78, 5) is 25.6. The van der Waals surface area contributed by atoms with Gasteiger partial charge >= 0.3 is 12.1 Å². The average Bonchev–Trinajstić information content (AvgIpc) is 2.66. The van der Waals surface area contributed by atoms with Gasteiger partial charge < -0.3 is 19.5 Å². The molecule has 0 bridgehead atoms. The van der Waals surface area contributed by atoms with Crippen molar-refractivity contribution in [2.45, 2.75) is 71.6 Å². The number of rotatable bonds is 3. The normalized spacial score (nSPS) is 22.6. The summed E-state index contributed by atoms with van der Waals surface area (Å²) in [6.45, 7) is 11.1. The van der Waals surface area contributed by atoms with E-state index in [4.69, 9.17) is 9.47 Å². The molecular formula is C16H29NO5. The van der Waals surface area contributed by atoms with Crippen LogP contribution in [0.3, 0.4) is 0 Å². The van der Waals surface area contributed by atoms with Gasteiger partial charge in [0.15, 0.2) is 0 Å². The van der Waals surface area contributed by atoms with Gasteiger partial charge in [-0.3, -0.25) is 4.79 Å². The molecule has 0 aromatic heterocycles. The van der Waals surface area contributed by atoms with Crippen LogP contribution in [0, 0.1) is 5.92 Å². The minimum Gasteiger partial charge on any atom is -0.460 e. The first-order chi connectivity index (χ1) is 9.91. The fourth-order valence-electron chi connectivity index (χ4n) is 2.50. The summed E-state index contributed by atoms with van der Waals surface area (Å²) in [7, 11) is 0. The van der Waals surface area contributed by atoms with Crippen LogP contribution < -0.4 is 0 Å². The molecule has 1 saturated heterocycles. The van der Waals surface area contributed by atoms with E-state index in [1.165, 1.54) is 4.90 Å². The lowest BCUT2D eigenvalue weighted by atomic mass is 10.0. The minimum atomic E-state index is -0.583. The van der Waals surface area contributed by atoms with Crippen LogP contribution >= 0.6 is 0 Å². The molecule has 22 heavy (non-hydrogen) atoms. The average molecular weight is 315 g/mol. The molecule has 6 heteroatoms. The quantitative estimate of drug-likeness (QED) is 0.809. The van der Waals surface area contributed by atoms with Crippen LogP contribution in [-0.4, -0.2) is 52.5 Å². The van der Waals surface area contributed by atoms with Gasteiger partial charge in [0, 0.05) is 6.54 Å². The van der Waals surface area contributed by atoms with E-state index in [1.807, 2.05) is 20.8 Å². The van der Waals surface area contributed by atoms with Gasteiger partial charge in [0.2, 0.25) is 0 Å². The van der Waals surface area contributed by atoms with Gasteiger partial charge in [0.1, 0.15) is 11.2 Å². The van der Waals surface area contributed by atoms with Gasteiger partial charge in [-0.2, -0.15) is 0 Å². The Hall–Kier alpha value is -1.30. The maximum absolute atomic E-state index is 12.2. The number of aliphatic hydroxyl groups is 1. The standard InChI is InChI=1S/C16H29NO5/c1-15(2,3)21-13(19)8-11-7-12(10-18)17(9-11)14(20)22-16(4,5)6/h11-12,18H,7-10H2,1-6H3/t11-,12+/m1/s1. The van der Waals surface area contributed by atoms with Crippen molar-refractivity contribution in [3.8, 4) is 0 Å². The summed E-state index contributed by atoms with van der Waals surface area (Å²) in [5.41, 5.74) is -1.10. The van der Waals surface area contributed by atoms with Crippen molar-refractivity contribution in [3.05, 3.63) is 0 Å². The zero-order chi connectivity index (χ0) is 17.1. The van der Waals surface area contributed by atoms with Gasteiger partial charge in [-0.1, -0.05) is 0 Å². The number of carbonyl (C=O) groups excluding carboxylic acids is 2. The zero-order valence-electron chi connectivity index (χ0n) is 14.5. The zero-order valence-corrected chi connectivity index (χ0v) is 14.5. The fourth-order valence-corrected chi connectivity index (χ4v) is 2.50. The van der Waals surface area contributed by atoms with E-state index in [-0.39, 0.29) is 31.0 Å². The second-order valence-electron chi connectivity index (χ2n) is 7.86. The Morgan fingerprint density at radius 2 is 1.64 bits per heavy atom. The molecule has 1 N–H and O–H groups in total. The predicted octanol–water partition coefficient (Wildman–Crippen LogP) is 2.34. The first kappa shape index (κ1) is 18.7. The van der Waals surface area contributed by atoms with Crippen molar-refractivity contribution >= 4 is 12.1 Å². The summed E-state index contributed by atoms with van der Waals surface area (Å²) >= 11 is 0. The smallest absolute Gasteiger partial charge is 0.410 e. The molecule has 1 aliphatic heterocycles. The second-order valence-corrected chi connectivity index (χ2v) is 7.86. The molecular weight excluding hydrogens is 286 g/mol. The SMILES string of the molecule is CC(C)(C)OC(=O)C[C@H]1C[C@@H](CO)N(C(=O)OC(C)(C)C)C1. The van der Waals surface area contributed by atoms with Crippen molar-refractivity contribution in [2.75, 3.05) is 13.2 Å². The van der Waals surface area contributed by atoms with E-state index in [2.05, 4.69) is 0 Å². The summed E-state index contributed by atoms with van der Waals surface area (Å²) < 4.78 is 10.7. The number of esters is 1. The molecule has 2 atom stereocenters. The monoisotopic (exact) mass is 315 g/mol. The Labute approximate surface area is 132 Å². The Morgan fingerprint density at radius 1 is 1.09 bits per heavy atom. The predicted molar refractivity (Wildman–Crippen MR) is 82.4 cm³/mol. The molecule has 0 aromatic carbocycles. The van der Waals surface area contributed by atoms with Crippen LogP contribution in [0.1, 0.15) is 54.4 Å². The van der Waals surface area contributed by atoms with Crippen LogP contribution in [0.4, 0.5) is 4.79 Å². The number of carbonyl (C=O) groups is 2. The lowest BCUT2D eigenvalue weighted by Crippen LogP contribution is -2.41. The van der Waals surface area contributed by atoms with Crippen LogP contribution in [0.2, 0.25) is 0 Å². The lowest BCUT2D eigenvalue weighted by Gasteiger charge is -2.27. The second kappa shape index (κ2) is 6.86. The van der Waals surface area contributed by atoms with Crippen LogP contribution in [0.15, 0.2) is 0 Å². The van der Waals surface area contributed by atoms with Gasteiger partial charge in [-0.15, -0.1) is 0 Å². The minimum absolute atomic E-state index is 0.0143. The summed E-state index contributed by atoms with van der Waals surface area (Å²) in [5.74, 6) is -0.292. The third-order valence-electron chi connectivity index (χ3n) is 3.22. The first-order valence-corrected chi connectivity index (χ1v) is 7.73. The van der Waals surface area contributed by atoms with Crippen LogP contribution in [0.5, 0.6) is 0 Å². The molecule has 1 aliphatic rings. The highest BCUT2D eigenvalue weighted by Gasteiger charge is 2.38. The van der Waals surface area contributed by atoms with Crippen molar-refractivity contribution < 1.29 is 24.2 Å². The molecule has 6 nitrogen and oxygen atoms in total. The first-order valence-electron chi connectivity index (χ1n) is 7.73. The number of likely N-dealkylation sites (tertiary alicyclic amines) is 1. The van der Waals surface area contributed by atoms with Crippen molar-refractivity contribution in [1.82, 2.24) is 4.90 Å². The molecule has 0 radical (unpaired) electrons. The largest absolute Gasteiger partial charge is 0.460 e. The number of amides is 1. The fraction of sp³-hybridized carbons (Fsp3) is 0.875. The lowest BCUT2D eigenvalue weighted by molar-refractivity contribution is -0.155. The molecule has 0 unspecified atom stereocenters. The Morgan fingerprint density at radius 3 is 2.09 bits per heavy atom. The van der Waals surface area contributed by atoms with Gasteiger partial charge in [0.25, 0.3) is 0 Å². The Balaban J connectivity index is 2.61. The van der Waals surface area contributed by atoms with E-state index in [1.54, 1.807) is 20.8 Å². The highest BCUT2D eigenvalue weighted by atomic mass is 16.6. The van der Waals surface area contributed by atoms with Gasteiger partial charge in [-0.05, 0) is 53.9 Å². The van der Waals surface area contributed by atoms with Gasteiger partial charge in [0.05, 0.1) is 19.1 Å². The van der Waals surface area contributed by atoms with Crippen molar-refractivity contribution in [3.63, 3.8) is 0 Å². The molecule has 0 aromatic rings.